The molecule has 1 saturated heterocycles. The Balaban J connectivity index is 1.49. The van der Waals surface area contributed by atoms with Crippen molar-refractivity contribution in [3.8, 4) is 0 Å². The molecule has 0 spiro atoms. The Morgan fingerprint density at radius 1 is 1.10 bits per heavy atom. The quantitative estimate of drug-likeness (QED) is 0.918. The predicted molar refractivity (Wildman–Crippen MR) is 86.4 cm³/mol. The van der Waals surface area contributed by atoms with E-state index in [1.807, 2.05) is 6.20 Å². The summed E-state index contributed by atoms with van der Waals surface area (Å²) in [5.74, 6) is 2.14. The molecular weight excluding hydrogens is 258 g/mol. The van der Waals surface area contributed by atoms with Crippen LogP contribution < -0.4 is 10.2 Å². The normalized spacial score (nSPS) is 29.2. The number of rotatable bonds is 4. The molecule has 2 unspecified atom stereocenters. The number of hydrogen-bond donors (Lipinski definition) is 1. The first-order valence-corrected chi connectivity index (χ1v) is 8.85. The Morgan fingerprint density at radius 3 is 2.86 bits per heavy atom. The molecule has 2 heterocycles. The molecule has 1 aromatic rings. The zero-order valence-electron chi connectivity index (χ0n) is 12.9. The second-order valence-corrected chi connectivity index (χ2v) is 7.12. The minimum Gasteiger partial charge on any atom is -0.353 e. The number of aromatic nitrogens is 1. The van der Waals surface area contributed by atoms with E-state index in [4.69, 9.17) is 4.98 Å². The summed E-state index contributed by atoms with van der Waals surface area (Å²) in [7, 11) is 0. The maximum absolute atomic E-state index is 4.69. The van der Waals surface area contributed by atoms with E-state index in [2.05, 4.69) is 22.3 Å². The van der Waals surface area contributed by atoms with Gasteiger partial charge in [0.25, 0.3) is 0 Å². The van der Waals surface area contributed by atoms with Gasteiger partial charge in [-0.15, -0.1) is 0 Å². The Kier molecular flexibility index (Phi) is 3.85. The summed E-state index contributed by atoms with van der Waals surface area (Å²) in [4.78, 5) is 7.31. The molecule has 3 heteroatoms. The van der Waals surface area contributed by atoms with E-state index in [9.17, 15) is 0 Å². The van der Waals surface area contributed by atoms with Crippen LogP contribution in [0.4, 0.5) is 5.82 Å². The molecule has 21 heavy (non-hydrogen) atoms. The highest BCUT2D eigenvalue weighted by molar-refractivity contribution is 5.43. The van der Waals surface area contributed by atoms with Gasteiger partial charge in [0.05, 0.1) is 0 Å². The highest BCUT2D eigenvalue weighted by Crippen LogP contribution is 2.37. The first-order valence-electron chi connectivity index (χ1n) is 8.85. The highest BCUT2D eigenvalue weighted by Gasteiger charge is 2.33. The van der Waals surface area contributed by atoms with E-state index in [-0.39, 0.29) is 0 Å². The van der Waals surface area contributed by atoms with Gasteiger partial charge in [-0.1, -0.05) is 12.8 Å². The molecule has 3 aliphatic rings. The van der Waals surface area contributed by atoms with Crippen molar-refractivity contribution in [1.82, 2.24) is 10.3 Å². The molecule has 3 fully saturated rings. The van der Waals surface area contributed by atoms with E-state index in [0.717, 1.165) is 24.5 Å². The fraction of sp³-hybridized carbons (Fsp3) is 0.722. The van der Waals surface area contributed by atoms with Crippen LogP contribution in [-0.2, 0) is 6.54 Å². The Bertz CT molecular complexity index is 481. The fourth-order valence-corrected chi connectivity index (χ4v) is 4.19. The van der Waals surface area contributed by atoms with E-state index in [1.54, 1.807) is 0 Å². The molecule has 2 saturated carbocycles. The standard InChI is InChI=1S/C18H27N3/c1-2-6-17-15(4-1)5-3-11-21(17)18-12-14(9-10-19-18)13-20-16-7-8-16/h9-10,12,15-17,20H,1-8,11,13H2. The molecule has 0 radical (unpaired) electrons. The number of fused-ring (bicyclic) bond motifs is 1. The van der Waals surface area contributed by atoms with Crippen molar-refractivity contribution in [3.05, 3.63) is 23.9 Å². The molecule has 3 nitrogen and oxygen atoms in total. The van der Waals surface area contributed by atoms with E-state index >= 15 is 0 Å². The van der Waals surface area contributed by atoms with Crippen LogP contribution >= 0.6 is 0 Å². The van der Waals surface area contributed by atoms with Crippen molar-refractivity contribution in [1.29, 1.82) is 0 Å². The van der Waals surface area contributed by atoms with Crippen LogP contribution in [0.5, 0.6) is 0 Å². The number of pyridine rings is 1. The van der Waals surface area contributed by atoms with Crippen LogP contribution in [0.15, 0.2) is 18.3 Å². The van der Waals surface area contributed by atoms with Gasteiger partial charge in [0.2, 0.25) is 0 Å². The molecule has 1 N–H and O–H groups in total. The molecule has 1 aromatic heterocycles. The number of nitrogens with zero attached hydrogens (tertiary/aromatic N) is 2. The van der Waals surface area contributed by atoms with E-state index < -0.39 is 0 Å². The minimum absolute atomic E-state index is 0.756. The highest BCUT2D eigenvalue weighted by atomic mass is 15.2. The van der Waals surface area contributed by atoms with Gasteiger partial charge in [-0.2, -0.15) is 0 Å². The third kappa shape index (κ3) is 3.08. The average Bonchev–Trinajstić information content (AvgIpc) is 3.37. The zero-order valence-corrected chi connectivity index (χ0v) is 12.9. The van der Waals surface area contributed by atoms with Crippen molar-refractivity contribution in [2.24, 2.45) is 5.92 Å². The van der Waals surface area contributed by atoms with Gasteiger partial charge in [0, 0.05) is 31.4 Å². The molecule has 0 bridgehead atoms. The van der Waals surface area contributed by atoms with Gasteiger partial charge in [-0.3, -0.25) is 0 Å². The number of hydrogen-bond acceptors (Lipinski definition) is 3. The lowest BCUT2D eigenvalue weighted by Crippen LogP contribution is -2.47. The third-order valence-corrected chi connectivity index (χ3v) is 5.52. The third-order valence-electron chi connectivity index (χ3n) is 5.52. The summed E-state index contributed by atoms with van der Waals surface area (Å²) in [5.41, 5.74) is 1.39. The van der Waals surface area contributed by atoms with Gasteiger partial charge >= 0.3 is 0 Å². The first-order chi connectivity index (χ1) is 10.4. The Labute approximate surface area is 128 Å². The summed E-state index contributed by atoms with van der Waals surface area (Å²) in [5, 5.41) is 3.61. The second-order valence-electron chi connectivity index (χ2n) is 7.12. The second kappa shape index (κ2) is 5.96. The molecule has 0 aromatic carbocycles. The van der Waals surface area contributed by atoms with Gasteiger partial charge in [-0.25, -0.2) is 4.98 Å². The van der Waals surface area contributed by atoms with Crippen LogP contribution in [0.3, 0.4) is 0 Å². The van der Waals surface area contributed by atoms with Gasteiger partial charge < -0.3 is 10.2 Å². The van der Waals surface area contributed by atoms with Crippen LogP contribution in [0.2, 0.25) is 0 Å². The van der Waals surface area contributed by atoms with Gasteiger partial charge in [0.1, 0.15) is 5.82 Å². The van der Waals surface area contributed by atoms with Crippen LogP contribution in [0.1, 0.15) is 56.9 Å². The molecule has 1 aliphatic heterocycles. The van der Waals surface area contributed by atoms with Crippen molar-refractivity contribution in [2.75, 3.05) is 11.4 Å². The van der Waals surface area contributed by atoms with Gasteiger partial charge in [-0.05, 0) is 62.1 Å². The fourth-order valence-electron chi connectivity index (χ4n) is 4.19. The van der Waals surface area contributed by atoms with Crippen LogP contribution in [0.25, 0.3) is 0 Å². The summed E-state index contributed by atoms with van der Waals surface area (Å²) in [6.07, 6.45) is 13.1. The Hall–Kier alpha value is -1.09. The molecule has 2 atom stereocenters. The summed E-state index contributed by atoms with van der Waals surface area (Å²) in [6, 6.07) is 6.03. The van der Waals surface area contributed by atoms with Gasteiger partial charge in [0.15, 0.2) is 0 Å². The Morgan fingerprint density at radius 2 is 1.95 bits per heavy atom. The largest absolute Gasteiger partial charge is 0.353 e. The zero-order chi connectivity index (χ0) is 14.1. The lowest BCUT2D eigenvalue weighted by atomic mass is 9.78. The van der Waals surface area contributed by atoms with Crippen molar-refractivity contribution in [3.63, 3.8) is 0 Å². The number of nitrogens with one attached hydrogen (secondary N) is 1. The minimum atomic E-state index is 0.756. The maximum Gasteiger partial charge on any atom is 0.129 e. The SMILES string of the molecule is c1cc(CNC2CC2)cc(N2CCCC3CCCCC32)n1. The molecular formula is C18H27N3. The van der Waals surface area contributed by atoms with Crippen molar-refractivity contribution < 1.29 is 0 Å². The number of piperidine rings is 1. The molecule has 2 aliphatic carbocycles. The predicted octanol–water partition coefficient (Wildman–Crippen LogP) is 3.49. The topological polar surface area (TPSA) is 28.2 Å². The monoisotopic (exact) mass is 285 g/mol. The van der Waals surface area contributed by atoms with E-state index in [1.165, 1.54) is 69.3 Å². The van der Waals surface area contributed by atoms with Crippen molar-refractivity contribution >= 4 is 5.82 Å². The smallest absolute Gasteiger partial charge is 0.129 e. The van der Waals surface area contributed by atoms with Crippen LogP contribution in [-0.4, -0.2) is 23.6 Å². The summed E-state index contributed by atoms with van der Waals surface area (Å²) in [6.45, 7) is 2.20. The van der Waals surface area contributed by atoms with Crippen molar-refractivity contribution in [2.45, 2.75) is 70.0 Å². The number of anilines is 1. The lowest BCUT2D eigenvalue weighted by molar-refractivity contribution is 0.242. The summed E-state index contributed by atoms with van der Waals surface area (Å²) >= 11 is 0. The van der Waals surface area contributed by atoms with E-state index in [0.29, 0.717) is 0 Å². The van der Waals surface area contributed by atoms with Crippen LogP contribution in [0, 0.1) is 5.92 Å². The average molecular weight is 285 g/mol. The molecule has 114 valence electrons. The lowest BCUT2D eigenvalue weighted by Gasteiger charge is -2.44. The first kappa shape index (κ1) is 13.6. The summed E-state index contributed by atoms with van der Waals surface area (Å²) < 4.78 is 0. The molecule has 0 amide bonds. The molecule has 4 rings (SSSR count). The maximum atomic E-state index is 4.69.